The van der Waals surface area contributed by atoms with E-state index in [0.29, 0.717) is 0 Å². The van der Waals surface area contributed by atoms with Crippen molar-refractivity contribution in [1.29, 1.82) is 0 Å². The van der Waals surface area contributed by atoms with Gasteiger partial charge in [-0.2, -0.15) is 0 Å². The molecule has 18 heavy (non-hydrogen) atoms. The summed E-state index contributed by atoms with van der Waals surface area (Å²) in [5.74, 6) is 3.78. The van der Waals surface area contributed by atoms with Gasteiger partial charge in [-0.1, -0.05) is 24.4 Å². The second-order valence-electron chi connectivity index (χ2n) is 5.69. The third kappa shape index (κ3) is 1.43. The van der Waals surface area contributed by atoms with Gasteiger partial charge < -0.3 is 0 Å². The van der Waals surface area contributed by atoms with Gasteiger partial charge in [0.2, 0.25) is 0 Å². The maximum atomic E-state index is 5.36. The molecule has 0 N–H and O–H groups in total. The lowest BCUT2D eigenvalue weighted by Crippen LogP contribution is -2.26. The minimum absolute atomic E-state index is 0.864. The maximum absolute atomic E-state index is 5.36. The highest BCUT2D eigenvalue weighted by atomic mass is 32.2. The van der Waals surface area contributed by atoms with E-state index in [0.717, 1.165) is 37.3 Å². The fourth-order valence-electron chi connectivity index (χ4n) is 4.36. The molecule has 2 fully saturated rings. The fraction of sp³-hybridized carbons (Fsp3) is 0.615. The van der Waals surface area contributed by atoms with Crippen molar-refractivity contribution in [1.82, 2.24) is 0 Å². The highest BCUT2D eigenvalue weighted by Gasteiger charge is 2.56. The summed E-state index contributed by atoms with van der Waals surface area (Å²) in [6, 6.07) is 0. The maximum Gasteiger partial charge on any atom is 0.145 e. The van der Waals surface area contributed by atoms with E-state index in [9.17, 15) is 0 Å². The van der Waals surface area contributed by atoms with Crippen LogP contribution in [0.1, 0.15) is 12.8 Å². The van der Waals surface area contributed by atoms with E-state index in [1.54, 1.807) is 0 Å². The van der Waals surface area contributed by atoms with Gasteiger partial charge in [-0.25, -0.2) is 0 Å². The lowest BCUT2D eigenvalue weighted by Gasteiger charge is -2.29. The van der Waals surface area contributed by atoms with Crippen molar-refractivity contribution in [2.75, 3.05) is 0 Å². The largest absolute Gasteiger partial charge is 0.145 e. The molecule has 3 aliphatic carbocycles. The first-order valence-corrected chi connectivity index (χ1v) is 10.3. The fourth-order valence-corrected chi connectivity index (χ4v) is 11.8. The molecule has 0 amide bonds. The third-order valence-electron chi connectivity index (χ3n) is 4.96. The Morgan fingerprint density at radius 2 is 1.78 bits per heavy atom. The molecule has 0 saturated heterocycles. The van der Waals surface area contributed by atoms with Gasteiger partial charge in [-0.3, -0.25) is 0 Å². The molecule has 6 atom stereocenters. The van der Waals surface area contributed by atoms with E-state index in [4.69, 9.17) is 12.2 Å². The summed E-state index contributed by atoms with van der Waals surface area (Å²) in [4.78, 5) is 0. The summed E-state index contributed by atoms with van der Waals surface area (Å²) in [6.45, 7) is 0. The summed E-state index contributed by atoms with van der Waals surface area (Å²) in [5, 5.41) is 1.73. The Labute approximate surface area is 128 Å². The molecule has 2 saturated carbocycles. The van der Waals surface area contributed by atoms with Crippen molar-refractivity contribution in [3.63, 3.8) is 0 Å². The molecule has 2 heterocycles. The van der Waals surface area contributed by atoms with Crippen molar-refractivity contribution in [3.05, 3.63) is 15.3 Å². The molecule has 1 aromatic heterocycles. The van der Waals surface area contributed by atoms with E-state index in [2.05, 4.69) is 35.7 Å². The molecule has 0 aromatic carbocycles. The topological polar surface area (TPSA) is 0 Å². The van der Waals surface area contributed by atoms with Crippen molar-refractivity contribution in [3.8, 4) is 0 Å². The molecular weight excluding hydrogens is 316 g/mol. The Morgan fingerprint density at radius 1 is 1.00 bits per heavy atom. The van der Waals surface area contributed by atoms with Gasteiger partial charge >= 0.3 is 0 Å². The summed E-state index contributed by atoms with van der Waals surface area (Å²) < 4.78 is 4.17. The van der Waals surface area contributed by atoms with E-state index in [1.807, 2.05) is 22.7 Å². The van der Waals surface area contributed by atoms with Crippen LogP contribution in [0.2, 0.25) is 0 Å². The molecule has 5 rings (SSSR count). The van der Waals surface area contributed by atoms with Gasteiger partial charge in [0, 0.05) is 10.5 Å². The van der Waals surface area contributed by atoms with Crippen molar-refractivity contribution in [2.45, 2.75) is 31.8 Å². The van der Waals surface area contributed by atoms with Crippen molar-refractivity contribution >= 4 is 58.4 Å². The average Bonchev–Trinajstić information content (AvgIpc) is 3.03. The highest BCUT2D eigenvalue weighted by molar-refractivity contribution is 8.09. The Morgan fingerprint density at radius 3 is 2.67 bits per heavy atom. The van der Waals surface area contributed by atoms with E-state index >= 15 is 0 Å². The molecule has 4 aliphatic rings. The Kier molecular flexibility index (Phi) is 2.45. The number of rotatable bonds is 0. The number of hydrogen-bond acceptors (Lipinski definition) is 5. The molecule has 5 heteroatoms. The van der Waals surface area contributed by atoms with E-state index in [1.165, 1.54) is 21.3 Å². The third-order valence-corrected chi connectivity index (χ3v) is 11.4. The normalized spacial score (nSPS) is 47.1. The second-order valence-corrected chi connectivity index (χ2v) is 11.9. The summed E-state index contributed by atoms with van der Waals surface area (Å²) >= 11 is 13.4. The van der Waals surface area contributed by atoms with Gasteiger partial charge in [-0.15, -0.1) is 46.2 Å². The average molecular weight is 329 g/mol. The van der Waals surface area contributed by atoms with E-state index < -0.39 is 0 Å². The predicted octanol–water partition coefficient (Wildman–Crippen LogP) is 5.32. The smallest absolute Gasteiger partial charge is 0.109 e. The van der Waals surface area contributed by atoms with Gasteiger partial charge in [0.05, 0.1) is 8.42 Å². The van der Waals surface area contributed by atoms with Gasteiger partial charge in [-0.05, 0) is 36.5 Å². The van der Waals surface area contributed by atoms with Crippen LogP contribution in [0, 0.1) is 26.8 Å². The van der Waals surface area contributed by atoms with Crippen LogP contribution < -0.4 is 0 Å². The van der Waals surface area contributed by atoms with Crippen LogP contribution in [0.4, 0.5) is 0 Å². The minimum Gasteiger partial charge on any atom is -0.109 e. The molecule has 1 aromatic rings. The number of allylic oxidation sites excluding steroid dienone is 2. The van der Waals surface area contributed by atoms with Gasteiger partial charge in [0.15, 0.2) is 0 Å². The van der Waals surface area contributed by atoms with Crippen LogP contribution in [0.25, 0.3) is 0 Å². The lowest BCUT2D eigenvalue weighted by atomic mass is 9.86. The first kappa shape index (κ1) is 11.4. The van der Waals surface area contributed by atoms with Crippen LogP contribution >= 0.6 is 58.4 Å². The van der Waals surface area contributed by atoms with Crippen LogP contribution in [-0.4, -0.2) is 10.5 Å². The van der Waals surface area contributed by atoms with Gasteiger partial charge in [0.25, 0.3) is 0 Å². The highest BCUT2D eigenvalue weighted by Crippen LogP contribution is 2.65. The summed E-state index contributed by atoms with van der Waals surface area (Å²) in [6.07, 6.45) is 7.94. The Balaban J connectivity index is 1.55. The van der Waals surface area contributed by atoms with Crippen LogP contribution in [0.15, 0.2) is 20.6 Å². The molecule has 0 unspecified atom stereocenters. The predicted molar refractivity (Wildman–Crippen MR) is 84.7 cm³/mol. The van der Waals surface area contributed by atoms with Crippen molar-refractivity contribution in [2.24, 2.45) is 23.7 Å². The molecular formula is C13H12S5. The quantitative estimate of drug-likeness (QED) is 0.467. The molecule has 0 nitrogen and oxygen atoms in total. The number of hydrogen-bond donors (Lipinski definition) is 0. The Bertz CT molecular complexity index is 597. The SMILES string of the molecule is S=c1sc2c(s1)S[C@H]1C[C@@H]3[C@@H]([C@@H]1S2)[C@H]1C=C[C@H]3C1. The van der Waals surface area contributed by atoms with Crippen molar-refractivity contribution < 1.29 is 0 Å². The monoisotopic (exact) mass is 328 g/mol. The second kappa shape index (κ2) is 3.88. The lowest BCUT2D eigenvalue weighted by molar-refractivity contribution is 0.369. The number of thioether (sulfide) groups is 2. The Hall–Kier alpha value is 0.710. The van der Waals surface area contributed by atoms with Crippen LogP contribution in [-0.2, 0) is 0 Å². The first-order chi connectivity index (χ1) is 8.79. The zero-order valence-corrected chi connectivity index (χ0v) is 13.7. The molecule has 94 valence electrons. The standard InChI is InChI=1S/C13H12S5/c14-13-17-11-12(18-13)16-10-8(15-11)4-7-5-1-2-6(3-5)9(7)10/h1-2,5-10H,3-4H2/t5-,6-,7-,8-,9-,10+/m0/s1. The van der Waals surface area contributed by atoms with Crippen LogP contribution in [0.5, 0.6) is 0 Å². The van der Waals surface area contributed by atoms with Crippen LogP contribution in [0.3, 0.4) is 0 Å². The van der Waals surface area contributed by atoms with Gasteiger partial charge in [0.1, 0.15) is 3.14 Å². The summed E-state index contributed by atoms with van der Waals surface area (Å²) in [7, 11) is 0. The minimum atomic E-state index is 0.864. The molecule has 2 bridgehead atoms. The summed E-state index contributed by atoms with van der Waals surface area (Å²) in [5.41, 5.74) is 0. The molecule has 0 radical (unpaired) electrons. The zero-order valence-electron chi connectivity index (χ0n) is 9.57. The number of fused-ring (bicyclic) bond motifs is 8. The molecule has 1 aliphatic heterocycles. The van der Waals surface area contributed by atoms with E-state index in [-0.39, 0.29) is 0 Å². The first-order valence-electron chi connectivity index (χ1n) is 6.45. The zero-order chi connectivity index (χ0) is 11.9. The molecule has 0 spiro atoms.